The largest absolute Gasteiger partial charge is 0.497 e. The quantitative estimate of drug-likeness (QED) is 0.670. The van der Waals surface area contributed by atoms with Gasteiger partial charge in [0.05, 0.1) is 12.6 Å². The highest BCUT2D eigenvalue weighted by Gasteiger charge is 2.28. The van der Waals surface area contributed by atoms with Crippen molar-refractivity contribution in [3.63, 3.8) is 0 Å². The fourth-order valence-electron chi connectivity index (χ4n) is 2.77. The summed E-state index contributed by atoms with van der Waals surface area (Å²) in [7, 11) is 1.69. The molecule has 0 aromatic heterocycles. The van der Waals surface area contributed by atoms with Gasteiger partial charge in [-0.15, -0.1) is 6.58 Å². The predicted octanol–water partition coefficient (Wildman–Crippen LogP) is 3.55. The van der Waals surface area contributed by atoms with Crippen molar-refractivity contribution in [3.05, 3.63) is 42.5 Å². The van der Waals surface area contributed by atoms with Gasteiger partial charge >= 0.3 is 0 Å². The van der Waals surface area contributed by atoms with Crippen LogP contribution in [0.4, 0.5) is 0 Å². The summed E-state index contributed by atoms with van der Waals surface area (Å²) in [5.74, 6) is 0.851. The van der Waals surface area contributed by atoms with Crippen molar-refractivity contribution in [1.82, 2.24) is 4.90 Å². The number of nitrogens with two attached hydrogens (primary N) is 1. The van der Waals surface area contributed by atoms with Gasteiger partial charge in [-0.3, -0.25) is 0 Å². The van der Waals surface area contributed by atoms with Crippen molar-refractivity contribution in [1.29, 1.82) is 0 Å². The van der Waals surface area contributed by atoms with Gasteiger partial charge in [-0.25, -0.2) is 0 Å². The second kappa shape index (κ2) is 8.85. The molecule has 2 N–H and O–H groups in total. The average Bonchev–Trinajstić information content (AvgIpc) is 2.48. The molecule has 21 heavy (non-hydrogen) atoms. The molecule has 118 valence electrons. The summed E-state index contributed by atoms with van der Waals surface area (Å²) in [5, 5.41) is 0. The zero-order valence-electron chi connectivity index (χ0n) is 13.8. The van der Waals surface area contributed by atoms with Gasteiger partial charge in [-0.1, -0.05) is 32.1 Å². The van der Waals surface area contributed by atoms with Gasteiger partial charge in [0, 0.05) is 6.54 Å². The van der Waals surface area contributed by atoms with E-state index in [2.05, 4.69) is 31.4 Å². The molecule has 1 rings (SSSR count). The fraction of sp³-hybridized carbons (Fsp3) is 0.556. The molecule has 0 fully saturated rings. The minimum atomic E-state index is -0.416. The van der Waals surface area contributed by atoms with Crippen molar-refractivity contribution < 1.29 is 4.74 Å². The molecule has 0 heterocycles. The zero-order chi connectivity index (χ0) is 15.7. The van der Waals surface area contributed by atoms with Gasteiger partial charge in [-0.05, 0) is 50.0 Å². The standard InChI is InChI=1S/C18H30N2O/c1-5-11-18(19,15-20(12-6-2)13-7-3)16-9-8-10-17(14-16)21-4/h5,8-10,14H,1,6-7,11-13,15,19H2,2-4H3. The van der Waals surface area contributed by atoms with Gasteiger partial charge in [0.15, 0.2) is 0 Å². The highest BCUT2D eigenvalue weighted by Crippen LogP contribution is 2.27. The molecule has 1 aromatic rings. The highest BCUT2D eigenvalue weighted by atomic mass is 16.5. The van der Waals surface area contributed by atoms with Crippen LogP contribution >= 0.6 is 0 Å². The van der Waals surface area contributed by atoms with E-state index < -0.39 is 5.54 Å². The Kier molecular flexibility index (Phi) is 7.48. The number of rotatable bonds is 10. The summed E-state index contributed by atoms with van der Waals surface area (Å²) in [6.45, 7) is 11.3. The third-order valence-electron chi connectivity index (χ3n) is 3.74. The van der Waals surface area contributed by atoms with Crippen LogP contribution in [0.1, 0.15) is 38.7 Å². The van der Waals surface area contributed by atoms with Crippen molar-refractivity contribution in [2.45, 2.75) is 38.6 Å². The second-order valence-electron chi connectivity index (χ2n) is 5.66. The summed E-state index contributed by atoms with van der Waals surface area (Å²) in [4.78, 5) is 2.45. The summed E-state index contributed by atoms with van der Waals surface area (Å²) >= 11 is 0. The van der Waals surface area contributed by atoms with E-state index in [4.69, 9.17) is 10.5 Å². The lowest BCUT2D eigenvalue weighted by Crippen LogP contribution is -2.48. The Balaban J connectivity index is 3.01. The number of methoxy groups -OCH3 is 1. The van der Waals surface area contributed by atoms with Gasteiger partial charge in [0.1, 0.15) is 5.75 Å². The number of hydrogen-bond donors (Lipinski definition) is 1. The molecule has 0 bridgehead atoms. The van der Waals surface area contributed by atoms with Gasteiger partial charge in [-0.2, -0.15) is 0 Å². The summed E-state index contributed by atoms with van der Waals surface area (Å²) < 4.78 is 5.33. The maximum atomic E-state index is 6.75. The topological polar surface area (TPSA) is 38.5 Å². The van der Waals surface area contributed by atoms with E-state index in [0.29, 0.717) is 0 Å². The van der Waals surface area contributed by atoms with E-state index in [1.807, 2.05) is 24.3 Å². The number of nitrogens with zero attached hydrogens (tertiary/aromatic N) is 1. The summed E-state index contributed by atoms with van der Waals surface area (Å²) in [6, 6.07) is 8.08. The molecule has 0 amide bonds. The van der Waals surface area contributed by atoms with Crippen LogP contribution in [-0.4, -0.2) is 31.6 Å². The SMILES string of the molecule is C=CCC(N)(CN(CCC)CCC)c1cccc(OC)c1. The average molecular weight is 290 g/mol. The van der Waals surface area contributed by atoms with Crippen molar-refractivity contribution in [2.75, 3.05) is 26.7 Å². The normalized spacial score (nSPS) is 14.0. The molecule has 1 atom stereocenters. The Labute approximate surface area is 129 Å². The molecule has 0 saturated carbocycles. The lowest BCUT2D eigenvalue weighted by atomic mass is 9.86. The lowest BCUT2D eigenvalue weighted by molar-refractivity contribution is 0.208. The number of hydrogen-bond acceptors (Lipinski definition) is 3. The molecule has 0 aliphatic heterocycles. The predicted molar refractivity (Wildman–Crippen MR) is 90.7 cm³/mol. The van der Waals surface area contributed by atoms with E-state index in [-0.39, 0.29) is 0 Å². The maximum Gasteiger partial charge on any atom is 0.119 e. The Morgan fingerprint density at radius 1 is 1.29 bits per heavy atom. The first-order chi connectivity index (χ1) is 10.1. The Morgan fingerprint density at radius 3 is 2.48 bits per heavy atom. The zero-order valence-corrected chi connectivity index (χ0v) is 13.8. The lowest BCUT2D eigenvalue weighted by Gasteiger charge is -2.35. The van der Waals surface area contributed by atoms with E-state index >= 15 is 0 Å². The third kappa shape index (κ3) is 5.18. The molecular weight excluding hydrogens is 260 g/mol. The van der Waals surface area contributed by atoms with Crippen LogP contribution in [0, 0.1) is 0 Å². The van der Waals surface area contributed by atoms with Crippen LogP contribution in [0.3, 0.4) is 0 Å². The molecule has 0 aliphatic carbocycles. The van der Waals surface area contributed by atoms with Gasteiger partial charge in [0.2, 0.25) is 0 Å². The molecule has 1 aromatic carbocycles. The van der Waals surface area contributed by atoms with E-state index in [1.54, 1.807) is 7.11 Å². The van der Waals surface area contributed by atoms with E-state index in [0.717, 1.165) is 50.2 Å². The minimum Gasteiger partial charge on any atom is -0.497 e. The minimum absolute atomic E-state index is 0.416. The smallest absolute Gasteiger partial charge is 0.119 e. The molecule has 0 aliphatic rings. The molecule has 3 nitrogen and oxygen atoms in total. The van der Waals surface area contributed by atoms with Gasteiger partial charge < -0.3 is 15.4 Å². The van der Waals surface area contributed by atoms with Gasteiger partial charge in [0.25, 0.3) is 0 Å². The second-order valence-corrected chi connectivity index (χ2v) is 5.66. The Bertz CT molecular complexity index is 427. The number of ether oxygens (including phenoxy) is 1. The highest BCUT2D eigenvalue weighted by molar-refractivity contribution is 5.34. The first kappa shape index (κ1) is 17.7. The van der Waals surface area contributed by atoms with Crippen LogP contribution in [0.25, 0.3) is 0 Å². The molecule has 0 saturated heterocycles. The Morgan fingerprint density at radius 2 is 1.95 bits per heavy atom. The van der Waals surface area contributed by atoms with Crippen molar-refractivity contribution >= 4 is 0 Å². The molecule has 1 unspecified atom stereocenters. The molecular formula is C18H30N2O. The van der Waals surface area contributed by atoms with Crippen molar-refractivity contribution in [3.8, 4) is 5.75 Å². The summed E-state index contributed by atoms with van der Waals surface area (Å²) in [6.07, 6.45) is 4.95. The van der Waals surface area contributed by atoms with Crippen LogP contribution in [0.5, 0.6) is 5.75 Å². The molecule has 3 heteroatoms. The van der Waals surface area contributed by atoms with E-state index in [1.165, 1.54) is 0 Å². The molecule has 0 spiro atoms. The van der Waals surface area contributed by atoms with Crippen LogP contribution < -0.4 is 10.5 Å². The van der Waals surface area contributed by atoms with E-state index in [9.17, 15) is 0 Å². The number of benzene rings is 1. The van der Waals surface area contributed by atoms with Crippen LogP contribution in [0.2, 0.25) is 0 Å². The third-order valence-corrected chi connectivity index (χ3v) is 3.74. The first-order valence-electron chi connectivity index (χ1n) is 7.86. The molecule has 0 radical (unpaired) electrons. The van der Waals surface area contributed by atoms with Crippen molar-refractivity contribution in [2.24, 2.45) is 5.73 Å². The fourth-order valence-corrected chi connectivity index (χ4v) is 2.77. The maximum absolute atomic E-state index is 6.75. The van der Waals surface area contributed by atoms with Crippen LogP contribution in [-0.2, 0) is 5.54 Å². The van der Waals surface area contributed by atoms with Crippen LogP contribution in [0.15, 0.2) is 36.9 Å². The Hall–Kier alpha value is -1.32. The first-order valence-corrected chi connectivity index (χ1v) is 7.86. The summed E-state index contributed by atoms with van der Waals surface area (Å²) in [5.41, 5.74) is 7.44. The monoisotopic (exact) mass is 290 g/mol.